The number of rotatable bonds is 3. The van der Waals surface area contributed by atoms with Crippen molar-refractivity contribution in [1.82, 2.24) is 9.88 Å². The van der Waals surface area contributed by atoms with Crippen LogP contribution in [0.15, 0.2) is 12.1 Å². The zero-order valence-corrected chi connectivity index (χ0v) is 11.7. The molecule has 0 aliphatic carbocycles. The lowest BCUT2D eigenvalue weighted by Crippen LogP contribution is -2.29. The van der Waals surface area contributed by atoms with E-state index in [4.69, 9.17) is 23.2 Å². The molecule has 0 saturated carbocycles. The highest BCUT2D eigenvalue weighted by Gasteiger charge is 2.14. The van der Waals surface area contributed by atoms with Crippen LogP contribution in [-0.2, 0) is 6.54 Å². The van der Waals surface area contributed by atoms with Crippen LogP contribution in [0.5, 0.6) is 0 Å². The van der Waals surface area contributed by atoms with Crippen LogP contribution in [0.4, 0.5) is 0 Å². The largest absolute Gasteiger partial charge is 0.301 e. The molecule has 0 fully saturated rings. The van der Waals surface area contributed by atoms with Crippen molar-refractivity contribution in [3.8, 4) is 0 Å². The first kappa shape index (κ1) is 13.8. The molecule has 0 radical (unpaired) electrons. The molecule has 1 aromatic rings. The fraction of sp³-hybridized carbons (Fsp3) is 0.583. The standard InChI is InChI=1S/C12H18Cl2N2/c1-12(2,3)8-16(4)7-9-5-6-10(13)15-11(9)14/h5-6H,7-8H2,1-4H3. The zero-order chi connectivity index (χ0) is 12.3. The molecule has 4 heteroatoms. The molecule has 0 saturated heterocycles. The van der Waals surface area contributed by atoms with E-state index >= 15 is 0 Å². The highest BCUT2D eigenvalue weighted by atomic mass is 35.5. The molecule has 0 unspecified atom stereocenters. The Morgan fingerprint density at radius 2 is 1.88 bits per heavy atom. The SMILES string of the molecule is CN(Cc1ccc(Cl)nc1Cl)CC(C)(C)C. The van der Waals surface area contributed by atoms with Gasteiger partial charge in [-0.15, -0.1) is 0 Å². The van der Waals surface area contributed by atoms with Crippen LogP contribution in [0.1, 0.15) is 26.3 Å². The van der Waals surface area contributed by atoms with E-state index in [2.05, 4.69) is 37.7 Å². The van der Waals surface area contributed by atoms with Crippen molar-refractivity contribution in [2.24, 2.45) is 5.41 Å². The van der Waals surface area contributed by atoms with E-state index in [0.717, 1.165) is 18.7 Å². The number of pyridine rings is 1. The molecule has 0 aliphatic rings. The maximum Gasteiger partial charge on any atom is 0.135 e. The minimum Gasteiger partial charge on any atom is -0.301 e. The van der Waals surface area contributed by atoms with Gasteiger partial charge in [-0.3, -0.25) is 0 Å². The third-order valence-corrected chi connectivity index (χ3v) is 2.61. The van der Waals surface area contributed by atoms with Gasteiger partial charge in [0.25, 0.3) is 0 Å². The van der Waals surface area contributed by atoms with E-state index in [1.54, 1.807) is 6.07 Å². The number of hydrogen-bond donors (Lipinski definition) is 0. The molecule has 90 valence electrons. The van der Waals surface area contributed by atoms with Gasteiger partial charge in [0.2, 0.25) is 0 Å². The number of halogens is 2. The van der Waals surface area contributed by atoms with Crippen LogP contribution >= 0.6 is 23.2 Å². The van der Waals surface area contributed by atoms with Gasteiger partial charge >= 0.3 is 0 Å². The molecular formula is C12H18Cl2N2. The Labute approximate surface area is 108 Å². The molecule has 1 rings (SSSR count). The normalized spacial score (nSPS) is 12.2. The summed E-state index contributed by atoms with van der Waals surface area (Å²) in [5.41, 5.74) is 1.29. The topological polar surface area (TPSA) is 16.1 Å². The Morgan fingerprint density at radius 1 is 1.25 bits per heavy atom. The van der Waals surface area contributed by atoms with Gasteiger partial charge in [-0.2, -0.15) is 0 Å². The van der Waals surface area contributed by atoms with Crippen molar-refractivity contribution >= 4 is 23.2 Å². The maximum atomic E-state index is 6.02. The Morgan fingerprint density at radius 3 is 2.38 bits per heavy atom. The monoisotopic (exact) mass is 260 g/mol. The predicted molar refractivity (Wildman–Crippen MR) is 70.0 cm³/mol. The second kappa shape index (κ2) is 5.35. The second-order valence-electron chi connectivity index (χ2n) is 5.32. The summed E-state index contributed by atoms with van der Waals surface area (Å²) >= 11 is 11.8. The summed E-state index contributed by atoms with van der Waals surface area (Å²) in [5, 5.41) is 0.931. The minimum atomic E-state index is 0.279. The quantitative estimate of drug-likeness (QED) is 0.768. The summed E-state index contributed by atoms with van der Waals surface area (Å²) in [6.45, 7) is 8.44. The Balaban J connectivity index is 2.66. The van der Waals surface area contributed by atoms with E-state index in [0.29, 0.717) is 10.3 Å². The summed E-state index contributed by atoms with van der Waals surface area (Å²) in [5.74, 6) is 0. The fourth-order valence-corrected chi connectivity index (χ4v) is 2.12. The smallest absolute Gasteiger partial charge is 0.135 e. The zero-order valence-electron chi connectivity index (χ0n) is 10.2. The molecule has 16 heavy (non-hydrogen) atoms. The molecule has 2 nitrogen and oxygen atoms in total. The average molecular weight is 261 g/mol. The predicted octanol–water partition coefficient (Wildman–Crippen LogP) is 3.87. The van der Waals surface area contributed by atoms with Crippen LogP contribution in [-0.4, -0.2) is 23.5 Å². The molecule has 0 amide bonds. The summed E-state index contributed by atoms with van der Waals surface area (Å²) in [6.07, 6.45) is 0. The lowest BCUT2D eigenvalue weighted by atomic mass is 9.96. The Kier molecular flexibility index (Phi) is 4.60. The van der Waals surface area contributed by atoms with Gasteiger partial charge in [0.05, 0.1) is 0 Å². The molecule has 1 heterocycles. The maximum absolute atomic E-state index is 6.02. The Hall–Kier alpha value is -0.310. The van der Waals surface area contributed by atoms with Crippen LogP contribution in [0, 0.1) is 5.41 Å². The summed E-state index contributed by atoms with van der Waals surface area (Å²) < 4.78 is 0. The third-order valence-electron chi connectivity index (χ3n) is 2.08. The van der Waals surface area contributed by atoms with Crippen molar-refractivity contribution in [3.63, 3.8) is 0 Å². The van der Waals surface area contributed by atoms with Gasteiger partial charge in [-0.1, -0.05) is 50.0 Å². The van der Waals surface area contributed by atoms with E-state index in [1.807, 2.05) is 6.07 Å². The van der Waals surface area contributed by atoms with Gasteiger partial charge < -0.3 is 4.90 Å². The first-order valence-electron chi connectivity index (χ1n) is 5.27. The highest BCUT2D eigenvalue weighted by molar-refractivity contribution is 6.32. The van der Waals surface area contributed by atoms with Gasteiger partial charge in [-0.05, 0) is 18.5 Å². The minimum absolute atomic E-state index is 0.279. The van der Waals surface area contributed by atoms with Crippen molar-refractivity contribution in [3.05, 3.63) is 28.0 Å². The van der Waals surface area contributed by atoms with Crippen molar-refractivity contribution in [2.45, 2.75) is 27.3 Å². The van der Waals surface area contributed by atoms with E-state index in [9.17, 15) is 0 Å². The van der Waals surface area contributed by atoms with Crippen LogP contribution < -0.4 is 0 Å². The highest BCUT2D eigenvalue weighted by Crippen LogP contribution is 2.20. The molecule has 0 bridgehead atoms. The van der Waals surface area contributed by atoms with Crippen LogP contribution in [0.2, 0.25) is 10.3 Å². The van der Waals surface area contributed by atoms with Gasteiger partial charge in [0.15, 0.2) is 0 Å². The molecule has 0 aliphatic heterocycles. The van der Waals surface area contributed by atoms with Gasteiger partial charge in [0, 0.05) is 18.7 Å². The number of nitrogens with zero attached hydrogens (tertiary/aromatic N) is 2. The third kappa shape index (κ3) is 4.69. The summed E-state index contributed by atoms with van der Waals surface area (Å²) in [4.78, 5) is 6.26. The molecular weight excluding hydrogens is 243 g/mol. The molecule has 0 spiro atoms. The molecule has 0 aromatic carbocycles. The Bertz CT molecular complexity index is 359. The van der Waals surface area contributed by atoms with E-state index in [-0.39, 0.29) is 5.41 Å². The second-order valence-corrected chi connectivity index (χ2v) is 6.06. The lowest BCUT2D eigenvalue weighted by molar-refractivity contribution is 0.220. The fourth-order valence-electron chi connectivity index (χ4n) is 1.72. The van der Waals surface area contributed by atoms with Crippen molar-refractivity contribution in [1.29, 1.82) is 0 Å². The van der Waals surface area contributed by atoms with Crippen molar-refractivity contribution in [2.75, 3.05) is 13.6 Å². The molecule has 1 aromatic heterocycles. The molecule has 0 N–H and O–H groups in total. The van der Waals surface area contributed by atoms with Crippen LogP contribution in [0.3, 0.4) is 0 Å². The van der Waals surface area contributed by atoms with E-state index < -0.39 is 0 Å². The van der Waals surface area contributed by atoms with E-state index in [1.165, 1.54) is 0 Å². The summed E-state index contributed by atoms with van der Waals surface area (Å²) in [6, 6.07) is 3.70. The van der Waals surface area contributed by atoms with Crippen molar-refractivity contribution < 1.29 is 0 Å². The van der Waals surface area contributed by atoms with Crippen LogP contribution in [0.25, 0.3) is 0 Å². The average Bonchev–Trinajstić information content (AvgIpc) is 2.06. The summed E-state index contributed by atoms with van der Waals surface area (Å²) in [7, 11) is 2.08. The number of aromatic nitrogens is 1. The van der Waals surface area contributed by atoms with Gasteiger partial charge in [-0.25, -0.2) is 4.98 Å². The lowest BCUT2D eigenvalue weighted by Gasteiger charge is -2.26. The number of hydrogen-bond acceptors (Lipinski definition) is 2. The first-order valence-corrected chi connectivity index (χ1v) is 6.03. The van der Waals surface area contributed by atoms with Gasteiger partial charge in [0.1, 0.15) is 10.3 Å². The molecule has 0 atom stereocenters. The first-order chi connectivity index (χ1) is 7.28.